The number of rotatable bonds is 1. The Balaban J connectivity index is 1.62. The van der Waals surface area contributed by atoms with Crippen molar-refractivity contribution in [2.75, 3.05) is 13.1 Å². The van der Waals surface area contributed by atoms with Gasteiger partial charge in [0.2, 0.25) is 0 Å². The number of fused-ring (bicyclic) bond motifs is 1. The van der Waals surface area contributed by atoms with E-state index in [2.05, 4.69) is 13.5 Å². The van der Waals surface area contributed by atoms with E-state index in [-0.39, 0.29) is 45.1 Å². The number of Topliss-reactive ketones (excluding diaryl/α,β-unsaturated/α-hetero) is 1. The SMILES string of the molecule is C=C1C2CC3(CC4CC5C6(C)CCC(O)C5(C3CC2=O)C4[N+]([O-])(CC)C6)C1O. The highest BCUT2D eigenvalue weighted by molar-refractivity contribution is 5.87. The summed E-state index contributed by atoms with van der Waals surface area (Å²) in [5.41, 5.74) is -0.255. The Bertz CT molecular complexity index is 797. The third kappa shape index (κ3) is 1.60. The number of carbonyl (C=O) groups excluding carboxylic acids is 1. The van der Waals surface area contributed by atoms with E-state index in [9.17, 15) is 20.2 Å². The molecule has 5 aliphatic carbocycles. The molecule has 5 saturated carbocycles. The molecule has 11 unspecified atom stereocenters. The molecule has 1 saturated heterocycles. The van der Waals surface area contributed by atoms with Gasteiger partial charge in [0.1, 0.15) is 11.8 Å². The van der Waals surface area contributed by atoms with Crippen molar-refractivity contribution < 1.29 is 19.7 Å². The van der Waals surface area contributed by atoms with Gasteiger partial charge >= 0.3 is 0 Å². The molecule has 0 radical (unpaired) electrons. The summed E-state index contributed by atoms with van der Waals surface area (Å²) in [6, 6.07) is -0.119. The van der Waals surface area contributed by atoms with Gasteiger partial charge in [-0.25, -0.2) is 0 Å². The summed E-state index contributed by atoms with van der Waals surface area (Å²) in [6.45, 7) is 9.56. The quantitative estimate of drug-likeness (QED) is 0.411. The minimum atomic E-state index is -0.664. The molecule has 6 aliphatic rings. The number of hydrogen-bond acceptors (Lipinski definition) is 4. The Morgan fingerprint density at radius 3 is 2.75 bits per heavy atom. The fraction of sp³-hybridized carbons (Fsp3) is 0.870. The normalized spacial score (nSPS) is 64.1. The minimum absolute atomic E-state index is 0.0752. The molecule has 0 amide bonds. The summed E-state index contributed by atoms with van der Waals surface area (Å²) in [7, 11) is 0. The summed E-state index contributed by atoms with van der Waals surface area (Å²) in [5.74, 6) is 0.410. The third-order valence-electron chi connectivity index (χ3n) is 10.8. The number of hydrogen-bond donors (Lipinski definition) is 2. The molecule has 0 aromatic rings. The predicted octanol–water partition coefficient (Wildman–Crippen LogP) is 2.40. The average molecular weight is 388 g/mol. The Morgan fingerprint density at radius 1 is 1.29 bits per heavy atom. The molecule has 2 N–H and O–H groups in total. The maximum atomic E-state index is 14.2. The zero-order valence-electron chi connectivity index (χ0n) is 17.1. The van der Waals surface area contributed by atoms with Crippen molar-refractivity contribution in [2.45, 2.75) is 70.6 Å². The number of aliphatic hydroxyl groups is 2. The van der Waals surface area contributed by atoms with Crippen LogP contribution < -0.4 is 0 Å². The number of ketones is 1. The van der Waals surface area contributed by atoms with Crippen LogP contribution in [0.15, 0.2) is 12.2 Å². The predicted molar refractivity (Wildman–Crippen MR) is 104 cm³/mol. The van der Waals surface area contributed by atoms with E-state index in [0.717, 1.165) is 25.7 Å². The molecule has 6 rings (SSSR count). The zero-order valence-corrected chi connectivity index (χ0v) is 17.1. The molecule has 6 fully saturated rings. The largest absolute Gasteiger partial charge is 0.633 e. The summed E-state index contributed by atoms with van der Waals surface area (Å²) in [5, 5.41) is 37.1. The van der Waals surface area contributed by atoms with E-state index < -0.39 is 17.6 Å². The highest BCUT2D eigenvalue weighted by Crippen LogP contribution is 2.79. The van der Waals surface area contributed by atoms with Gasteiger partial charge < -0.3 is 20.1 Å². The van der Waals surface area contributed by atoms with Gasteiger partial charge in [-0.05, 0) is 56.4 Å². The third-order valence-corrected chi connectivity index (χ3v) is 10.8. The van der Waals surface area contributed by atoms with Crippen LogP contribution in [0.3, 0.4) is 0 Å². The molecule has 5 nitrogen and oxygen atoms in total. The molecule has 11 atom stereocenters. The van der Waals surface area contributed by atoms with Crippen LogP contribution in [-0.2, 0) is 4.79 Å². The van der Waals surface area contributed by atoms with Crippen LogP contribution >= 0.6 is 0 Å². The number of carbonyl (C=O) groups is 1. The Kier molecular flexibility index (Phi) is 3.18. The summed E-state index contributed by atoms with van der Waals surface area (Å²) < 4.78 is -0.212. The second-order valence-electron chi connectivity index (χ2n) is 11.5. The molecule has 5 heteroatoms. The Labute approximate surface area is 167 Å². The molecule has 2 spiro atoms. The van der Waals surface area contributed by atoms with Gasteiger partial charge in [-0.3, -0.25) is 4.79 Å². The van der Waals surface area contributed by atoms with E-state index in [1.165, 1.54) is 0 Å². The number of likely N-dealkylation sites (tertiary alicyclic amines) is 1. The molecule has 154 valence electrons. The van der Waals surface area contributed by atoms with Crippen molar-refractivity contribution in [3.8, 4) is 0 Å². The number of quaternary nitrogens is 1. The van der Waals surface area contributed by atoms with Gasteiger partial charge in [-0.15, -0.1) is 0 Å². The van der Waals surface area contributed by atoms with Crippen LogP contribution in [0.25, 0.3) is 0 Å². The van der Waals surface area contributed by atoms with Crippen LogP contribution in [0.2, 0.25) is 0 Å². The lowest BCUT2D eigenvalue weighted by molar-refractivity contribution is -0.932. The van der Waals surface area contributed by atoms with E-state index >= 15 is 0 Å². The van der Waals surface area contributed by atoms with Gasteiger partial charge in [0, 0.05) is 29.1 Å². The van der Waals surface area contributed by atoms with Gasteiger partial charge in [0.15, 0.2) is 0 Å². The average Bonchev–Trinajstić information content (AvgIpc) is 3.01. The summed E-state index contributed by atoms with van der Waals surface area (Å²) >= 11 is 0. The summed E-state index contributed by atoms with van der Waals surface area (Å²) in [4.78, 5) is 13.1. The first kappa shape index (κ1) is 18.1. The number of nitrogens with zero attached hydrogens (tertiary/aromatic N) is 1. The number of piperidine rings is 1. The topological polar surface area (TPSA) is 80.6 Å². The number of aliphatic hydroxyl groups excluding tert-OH is 2. The molecule has 0 aromatic heterocycles. The fourth-order valence-electron chi connectivity index (χ4n) is 10.2. The second kappa shape index (κ2) is 4.93. The smallest absolute Gasteiger partial charge is 0.140 e. The van der Waals surface area contributed by atoms with Crippen LogP contribution in [0, 0.1) is 45.1 Å². The van der Waals surface area contributed by atoms with Crippen LogP contribution in [0.4, 0.5) is 0 Å². The summed E-state index contributed by atoms with van der Waals surface area (Å²) in [6.07, 6.45) is 3.33. The Hall–Kier alpha value is -0.750. The second-order valence-corrected chi connectivity index (χ2v) is 11.5. The van der Waals surface area contributed by atoms with Crippen molar-refractivity contribution >= 4 is 5.78 Å². The van der Waals surface area contributed by atoms with Gasteiger partial charge in [-0.1, -0.05) is 13.5 Å². The highest BCUT2D eigenvalue weighted by atomic mass is 16.5. The molecule has 7 bridgehead atoms. The number of hydroxylamine groups is 3. The van der Waals surface area contributed by atoms with Crippen LogP contribution in [-0.4, -0.2) is 52.0 Å². The highest BCUT2D eigenvalue weighted by Gasteiger charge is 2.83. The molecular formula is C23H33NO4. The van der Waals surface area contributed by atoms with E-state index in [4.69, 9.17) is 0 Å². The van der Waals surface area contributed by atoms with Crippen LogP contribution in [0.1, 0.15) is 52.4 Å². The van der Waals surface area contributed by atoms with Crippen molar-refractivity contribution in [3.05, 3.63) is 17.4 Å². The van der Waals surface area contributed by atoms with E-state index in [1.54, 1.807) is 0 Å². The van der Waals surface area contributed by atoms with E-state index in [1.807, 2.05) is 6.92 Å². The Morgan fingerprint density at radius 2 is 2.04 bits per heavy atom. The van der Waals surface area contributed by atoms with Gasteiger partial charge in [0.25, 0.3) is 0 Å². The molecule has 1 heterocycles. The van der Waals surface area contributed by atoms with Crippen molar-refractivity contribution in [2.24, 2.45) is 39.9 Å². The monoisotopic (exact) mass is 387 g/mol. The standard InChI is InChI=1S/C23H33NO4/c1-4-24(28)11-21(3)6-5-18(26)23-16(21)7-13(19(23)24)9-22-10-14(12(2)20(22)27)15(25)8-17(22)23/h13-14,16-20,26-27H,2,4-11H2,1,3H3. The zero-order chi connectivity index (χ0) is 19.9. The van der Waals surface area contributed by atoms with Crippen molar-refractivity contribution in [1.82, 2.24) is 0 Å². The molecule has 28 heavy (non-hydrogen) atoms. The lowest BCUT2D eigenvalue weighted by Gasteiger charge is -2.72. The fourth-order valence-corrected chi connectivity index (χ4v) is 10.2. The first-order valence-corrected chi connectivity index (χ1v) is 11.3. The lowest BCUT2D eigenvalue weighted by atomic mass is 9.40. The molecular weight excluding hydrogens is 354 g/mol. The van der Waals surface area contributed by atoms with Gasteiger partial charge in [0.05, 0.1) is 30.7 Å². The first-order valence-electron chi connectivity index (χ1n) is 11.3. The van der Waals surface area contributed by atoms with E-state index in [0.29, 0.717) is 37.4 Å². The maximum absolute atomic E-state index is 14.2. The lowest BCUT2D eigenvalue weighted by Crippen LogP contribution is -2.78. The molecule has 0 aromatic carbocycles. The molecule has 1 aliphatic heterocycles. The minimum Gasteiger partial charge on any atom is -0.633 e. The van der Waals surface area contributed by atoms with Gasteiger partial charge in [-0.2, -0.15) is 0 Å². The first-order chi connectivity index (χ1) is 13.1. The maximum Gasteiger partial charge on any atom is 0.140 e. The van der Waals surface area contributed by atoms with Crippen molar-refractivity contribution in [3.63, 3.8) is 0 Å². The van der Waals surface area contributed by atoms with Crippen molar-refractivity contribution in [1.29, 1.82) is 0 Å². The van der Waals surface area contributed by atoms with Crippen LogP contribution in [0.5, 0.6) is 0 Å².